The molecule has 0 atom stereocenters. The molecule has 0 spiro atoms. The second-order valence-corrected chi connectivity index (χ2v) is 8.88. The number of sulfonamides is 1. The van der Waals surface area contributed by atoms with E-state index in [0.717, 1.165) is 51.1 Å². The zero-order chi connectivity index (χ0) is 18.6. The van der Waals surface area contributed by atoms with Gasteiger partial charge in [-0.05, 0) is 56.6 Å². The number of carbonyl (C=O) groups excluding carboxylic acids is 1. The minimum absolute atomic E-state index is 0.0217. The molecule has 2 aliphatic heterocycles. The van der Waals surface area contributed by atoms with Crippen LogP contribution >= 0.6 is 0 Å². The van der Waals surface area contributed by atoms with Crippen molar-refractivity contribution in [1.82, 2.24) is 14.5 Å². The van der Waals surface area contributed by atoms with Gasteiger partial charge in [-0.3, -0.25) is 4.79 Å². The first-order chi connectivity index (χ1) is 12.4. The predicted octanol–water partition coefficient (Wildman–Crippen LogP) is 0.877. The number of nitrogens with one attached hydrogen (secondary N) is 2. The molecule has 0 bridgehead atoms. The van der Waals surface area contributed by atoms with Gasteiger partial charge in [-0.15, -0.1) is 0 Å². The molecule has 1 aromatic carbocycles. The Labute approximate surface area is 155 Å². The molecule has 2 N–H and O–H groups in total. The number of likely N-dealkylation sites (N-methyl/N-ethyl adjacent to an activating group) is 1. The van der Waals surface area contributed by atoms with Gasteiger partial charge in [-0.2, -0.15) is 0 Å². The van der Waals surface area contributed by atoms with E-state index in [0.29, 0.717) is 25.1 Å². The van der Waals surface area contributed by atoms with Crippen molar-refractivity contribution in [3.63, 3.8) is 0 Å². The number of rotatable bonds is 7. The number of hydrogen-bond acceptors (Lipinski definition) is 5. The Morgan fingerprint density at radius 2 is 1.88 bits per heavy atom. The van der Waals surface area contributed by atoms with Crippen LogP contribution in [0.15, 0.2) is 23.1 Å². The van der Waals surface area contributed by atoms with Crippen molar-refractivity contribution in [2.75, 3.05) is 51.6 Å². The molecule has 0 radical (unpaired) electrons. The summed E-state index contributed by atoms with van der Waals surface area (Å²) >= 11 is 0. The van der Waals surface area contributed by atoms with Crippen molar-refractivity contribution in [2.45, 2.75) is 30.6 Å². The quantitative estimate of drug-likeness (QED) is 0.686. The summed E-state index contributed by atoms with van der Waals surface area (Å²) in [6, 6.07) is 4.90. The standard InChI is InChI=1S/C18H28N4O3S/c1-21-10-12-22(13-11-21)9-3-2-8-19-26(24,25)16-5-6-17-15(14-16)4-7-18(23)20-17/h5-6,14,19H,2-4,7-13H2,1H3,(H,20,23). The Balaban J connectivity index is 1.45. The molecule has 0 aliphatic carbocycles. The average molecular weight is 381 g/mol. The number of piperazine rings is 1. The summed E-state index contributed by atoms with van der Waals surface area (Å²) in [6.07, 6.45) is 2.79. The maximum absolute atomic E-state index is 12.5. The summed E-state index contributed by atoms with van der Waals surface area (Å²) in [5.74, 6) is -0.0217. The fraction of sp³-hybridized carbons (Fsp3) is 0.611. The largest absolute Gasteiger partial charge is 0.326 e. The lowest BCUT2D eigenvalue weighted by atomic mass is 10.0. The lowest BCUT2D eigenvalue weighted by Crippen LogP contribution is -2.44. The van der Waals surface area contributed by atoms with Gasteiger partial charge in [0.15, 0.2) is 0 Å². The first-order valence-electron chi connectivity index (χ1n) is 9.27. The van der Waals surface area contributed by atoms with Gasteiger partial charge in [-0.1, -0.05) is 0 Å². The van der Waals surface area contributed by atoms with Gasteiger partial charge in [0, 0.05) is 44.8 Å². The summed E-state index contributed by atoms with van der Waals surface area (Å²) in [6.45, 7) is 5.86. The Hall–Kier alpha value is -1.48. The Morgan fingerprint density at radius 3 is 2.65 bits per heavy atom. The lowest BCUT2D eigenvalue weighted by Gasteiger charge is -2.32. The van der Waals surface area contributed by atoms with Crippen LogP contribution < -0.4 is 10.0 Å². The highest BCUT2D eigenvalue weighted by molar-refractivity contribution is 7.89. The fourth-order valence-electron chi connectivity index (χ4n) is 3.35. The molecule has 1 fully saturated rings. The van der Waals surface area contributed by atoms with Crippen LogP contribution in [-0.4, -0.2) is 70.4 Å². The van der Waals surface area contributed by atoms with Gasteiger partial charge in [0.2, 0.25) is 15.9 Å². The number of amides is 1. The van der Waals surface area contributed by atoms with E-state index in [9.17, 15) is 13.2 Å². The Kier molecular flexibility index (Phi) is 6.29. The Morgan fingerprint density at radius 1 is 1.12 bits per heavy atom. The van der Waals surface area contributed by atoms with E-state index in [1.54, 1.807) is 18.2 Å². The molecule has 1 amide bonds. The normalized spacial score (nSPS) is 19.2. The minimum atomic E-state index is -3.50. The Bertz CT molecular complexity index is 743. The molecule has 26 heavy (non-hydrogen) atoms. The minimum Gasteiger partial charge on any atom is -0.326 e. The van der Waals surface area contributed by atoms with Crippen LogP contribution in [0.25, 0.3) is 0 Å². The molecule has 1 saturated heterocycles. The van der Waals surface area contributed by atoms with E-state index in [1.807, 2.05) is 0 Å². The van der Waals surface area contributed by atoms with Crippen molar-refractivity contribution >= 4 is 21.6 Å². The van der Waals surface area contributed by atoms with Gasteiger partial charge < -0.3 is 15.1 Å². The van der Waals surface area contributed by atoms with Gasteiger partial charge in [0.25, 0.3) is 0 Å². The maximum atomic E-state index is 12.5. The van der Waals surface area contributed by atoms with Crippen LogP contribution in [0.5, 0.6) is 0 Å². The highest BCUT2D eigenvalue weighted by atomic mass is 32.2. The molecule has 0 aromatic heterocycles. The van der Waals surface area contributed by atoms with Gasteiger partial charge in [0.05, 0.1) is 4.90 Å². The van der Waals surface area contributed by atoms with Crippen molar-refractivity contribution in [2.24, 2.45) is 0 Å². The van der Waals surface area contributed by atoms with Crippen LogP contribution in [0.1, 0.15) is 24.8 Å². The number of carbonyl (C=O) groups is 1. The third kappa shape index (κ3) is 5.03. The smallest absolute Gasteiger partial charge is 0.240 e. The first kappa shape index (κ1) is 19.3. The van der Waals surface area contributed by atoms with E-state index in [-0.39, 0.29) is 10.8 Å². The van der Waals surface area contributed by atoms with Crippen LogP contribution in [0.2, 0.25) is 0 Å². The van der Waals surface area contributed by atoms with E-state index in [1.165, 1.54) is 0 Å². The number of nitrogens with zero attached hydrogens (tertiary/aromatic N) is 2. The molecule has 2 heterocycles. The van der Waals surface area contributed by atoms with Crippen LogP contribution in [0.3, 0.4) is 0 Å². The number of unbranched alkanes of at least 4 members (excludes halogenated alkanes) is 1. The topological polar surface area (TPSA) is 81.8 Å². The van der Waals surface area contributed by atoms with Crippen molar-refractivity contribution in [3.05, 3.63) is 23.8 Å². The summed E-state index contributed by atoms with van der Waals surface area (Å²) in [5, 5.41) is 2.77. The molecule has 144 valence electrons. The maximum Gasteiger partial charge on any atom is 0.240 e. The zero-order valence-corrected chi connectivity index (χ0v) is 16.1. The molecule has 0 saturated carbocycles. The van der Waals surface area contributed by atoms with E-state index < -0.39 is 10.0 Å². The number of anilines is 1. The van der Waals surface area contributed by atoms with Crippen molar-refractivity contribution in [3.8, 4) is 0 Å². The SMILES string of the molecule is CN1CCN(CCCCNS(=O)(=O)c2ccc3c(c2)CCC(=O)N3)CC1. The van der Waals surface area contributed by atoms with Crippen molar-refractivity contribution < 1.29 is 13.2 Å². The van der Waals surface area contributed by atoms with Crippen molar-refractivity contribution in [1.29, 1.82) is 0 Å². The molecule has 1 aromatic rings. The lowest BCUT2D eigenvalue weighted by molar-refractivity contribution is -0.116. The van der Waals surface area contributed by atoms with Crippen LogP contribution in [-0.2, 0) is 21.2 Å². The molecule has 3 rings (SSSR count). The first-order valence-corrected chi connectivity index (χ1v) is 10.8. The molecule has 7 nitrogen and oxygen atoms in total. The number of fused-ring (bicyclic) bond motifs is 1. The monoisotopic (exact) mass is 380 g/mol. The third-order valence-electron chi connectivity index (χ3n) is 5.07. The number of aryl methyl sites for hydroxylation is 1. The van der Waals surface area contributed by atoms with Crippen LogP contribution in [0, 0.1) is 0 Å². The molecule has 8 heteroatoms. The summed E-state index contributed by atoms with van der Waals surface area (Å²) in [4.78, 5) is 16.4. The summed E-state index contributed by atoms with van der Waals surface area (Å²) in [5.41, 5.74) is 1.59. The average Bonchev–Trinajstić information content (AvgIpc) is 2.62. The number of hydrogen-bond donors (Lipinski definition) is 2. The molecule has 0 unspecified atom stereocenters. The second-order valence-electron chi connectivity index (χ2n) is 7.12. The zero-order valence-electron chi connectivity index (χ0n) is 15.3. The third-order valence-corrected chi connectivity index (χ3v) is 6.53. The predicted molar refractivity (Wildman–Crippen MR) is 102 cm³/mol. The van der Waals surface area contributed by atoms with Gasteiger partial charge >= 0.3 is 0 Å². The summed E-state index contributed by atoms with van der Waals surface area (Å²) in [7, 11) is -1.36. The second kappa shape index (κ2) is 8.47. The summed E-state index contributed by atoms with van der Waals surface area (Å²) < 4.78 is 27.6. The van der Waals surface area contributed by atoms with E-state index in [4.69, 9.17) is 0 Å². The molecular formula is C18H28N4O3S. The van der Waals surface area contributed by atoms with Crippen LogP contribution in [0.4, 0.5) is 5.69 Å². The molecular weight excluding hydrogens is 352 g/mol. The van der Waals surface area contributed by atoms with E-state index in [2.05, 4.69) is 26.9 Å². The van der Waals surface area contributed by atoms with Gasteiger partial charge in [0.1, 0.15) is 0 Å². The highest BCUT2D eigenvalue weighted by Crippen LogP contribution is 2.25. The highest BCUT2D eigenvalue weighted by Gasteiger charge is 2.19. The number of benzene rings is 1. The van der Waals surface area contributed by atoms with E-state index >= 15 is 0 Å². The fourth-order valence-corrected chi connectivity index (χ4v) is 4.47. The van der Waals surface area contributed by atoms with Gasteiger partial charge in [-0.25, -0.2) is 13.1 Å². The molecule has 2 aliphatic rings.